The first-order valence-corrected chi connectivity index (χ1v) is 2.76. The third-order valence-electron chi connectivity index (χ3n) is 1.38. The molecule has 1 aliphatic carbocycles. The molecule has 1 saturated carbocycles. The highest BCUT2D eigenvalue weighted by Gasteiger charge is 2.22. The number of nitrogens with two attached hydrogens (primary N) is 1. The average Bonchev–Trinajstić information content (AvgIpc) is 2.44. The molecule has 0 aromatic carbocycles. The summed E-state index contributed by atoms with van der Waals surface area (Å²) in [6, 6.07) is 0. The zero-order valence-corrected chi connectivity index (χ0v) is 4.65. The molecule has 1 nitrogen and oxygen atoms in total. The SMILES string of the molecule is C/C=C(\N)C1CC1. The van der Waals surface area contributed by atoms with Gasteiger partial charge in [-0.15, -0.1) is 0 Å². The second-order valence-corrected chi connectivity index (χ2v) is 2.06. The van der Waals surface area contributed by atoms with Crippen molar-refractivity contribution in [1.29, 1.82) is 0 Å². The van der Waals surface area contributed by atoms with E-state index in [1.807, 2.05) is 13.0 Å². The van der Waals surface area contributed by atoms with Crippen molar-refractivity contribution in [3.8, 4) is 0 Å². The van der Waals surface area contributed by atoms with Crippen LogP contribution in [0.2, 0.25) is 0 Å². The van der Waals surface area contributed by atoms with E-state index in [4.69, 9.17) is 5.73 Å². The molecule has 0 aliphatic heterocycles. The Morgan fingerprint density at radius 1 is 1.71 bits per heavy atom. The maximum atomic E-state index is 5.54. The maximum Gasteiger partial charge on any atom is 0.00686 e. The second-order valence-electron chi connectivity index (χ2n) is 2.06. The van der Waals surface area contributed by atoms with Crippen molar-refractivity contribution in [2.24, 2.45) is 11.7 Å². The van der Waals surface area contributed by atoms with Gasteiger partial charge in [-0.1, -0.05) is 6.08 Å². The Morgan fingerprint density at radius 2 is 2.29 bits per heavy atom. The minimum atomic E-state index is 0.755. The van der Waals surface area contributed by atoms with Gasteiger partial charge in [0.05, 0.1) is 0 Å². The van der Waals surface area contributed by atoms with Crippen molar-refractivity contribution >= 4 is 0 Å². The molecule has 0 heterocycles. The highest BCUT2D eigenvalue weighted by molar-refractivity contribution is 5.06. The van der Waals surface area contributed by atoms with Crippen LogP contribution in [0.5, 0.6) is 0 Å². The summed E-state index contributed by atoms with van der Waals surface area (Å²) >= 11 is 0. The first-order valence-electron chi connectivity index (χ1n) is 2.76. The third kappa shape index (κ3) is 0.952. The lowest BCUT2D eigenvalue weighted by Crippen LogP contribution is -1.96. The molecule has 0 aromatic rings. The standard InChI is InChI=1S/C6H11N/c1-2-6(7)5-3-4-5/h2,5H,3-4,7H2,1H3/b6-2-. The molecule has 0 radical (unpaired) electrons. The summed E-state index contributed by atoms with van der Waals surface area (Å²) in [6.07, 6.45) is 4.63. The van der Waals surface area contributed by atoms with E-state index in [9.17, 15) is 0 Å². The Kier molecular flexibility index (Phi) is 1.05. The van der Waals surface area contributed by atoms with E-state index < -0.39 is 0 Å². The summed E-state index contributed by atoms with van der Waals surface area (Å²) < 4.78 is 0. The van der Waals surface area contributed by atoms with Crippen molar-refractivity contribution < 1.29 is 0 Å². The molecule has 2 N–H and O–H groups in total. The summed E-state index contributed by atoms with van der Waals surface area (Å²) in [6.45, 7) is 1.99. The van der Waals surface area contributed by atoms with Crippen LogP contribution in [0.15, 0.2) is 11.8 Å². The maximum absolute atomic E-state index is 5.54. The molecule has 0 spiro atoms. The van der Waals surface area contributed by atoms with Crippen LogP contribution in [0.25, 0.3) is 0 Å². The number of allylic oxidation sites excluding steroid dienone is 2. The van der Waals surface area contributed by atoms with Crippen LogP contribution < -0.4 is 5.73 Å². The van der Waals surface area contributed by atoms with E-state index in [1.54, 1.807) is 0 Å². The number of hydrogen-bond donors (Lipinski definition) is 1. The van der Waals surface area contributed by atoms with Crippen molar-refractivity contribution in [1.82, 2.24) is 0 Å². The van der Waals surface area contributed by atoms with Crippen LogP contribution in [-0.2, 0) is 0 Å². The topological polar surface area (TPSA) is 26.0 Å². The molecule has 1 heteroatoms. The minimum Gasteiger partial charge on any atom is -0.402 e. The summed E-state index contributed by atoms with van der Waals surface area (Å²) in [5, 5.41) is 0. The molecule has 0 unspecified atom stereocenters. The van der Waals surface area contributed by atoms with Gasteiger partial charge in [0.25, 0.3) is 0 Å². The van der Waals surface area contributed by atoms with Gasteiger partial charge in [0.2, 0.25) is 0 Å². The van der Waals surface area contributed by atoms with Gasteiger partial charge in [-0.05, 0) is 25.7 Å². The van der Waals surface area contributed by atoms with Gasteiger partial charge in [-0.2, -0.15) is 0 Å². The minimum absolute atomic E-state index is 0.755. The number of rotatable bonds is 1. The van der Waals surface area contributed by atoms with Gasteiger partial charge in [0.15, 0.2) is 0 Å². The Bertz CT molecular complexity index is 90.4. The predicted octanol–water partition coefficient (Wildman–Crippen LogP) is 1.26. The van der Waals surface area contributed by atoms with Gasteiger partial charge in [0, 0.05) is 5.70 Å². The molecular weight excluding hydrogens is 86.1 g/mol. The summed E-state index contributed by atoms with van der Waals surface area (Å²) in [5.41, 5.74) is 6.62. The van der Waals surface area contributed by atoms with Crippen LogP contribution in [0.4, 0.5) is 0 Å². The van der Waals surface area contributed by atoms with E-state index in [0.717, 1.165) is 11.6 Å². The monoisotopic (exact) mass is 97.1 g/mol. The zero-order valence-electron chi connectivity index (χ0n) is 4.65. The van der Waals surface area contributed by atoms with Gasteiger partial charge in [0.1, 0.15) is 0 Å². The first-order chi connectivity index (χ1) is 3.34. The Labute approximate surface area is 44.2 Å². The van der Waals surface area contributed by atoms with Crippen LogP contribution in [-0.4, -0.2) is 0 Å². The molecule has 40 valence electrons. The molecule has 0 amide bonds. The van der Waals surface area contributed by atoms with Gasteiger partial charge >= 0.3 is 0 Å². The van der Waals surface area contributed by atoms with E-state index in [2.05, 4.69) is 0 Å². The number of hydrogen-bond acceptors (Lipinski definition) is 1. The lowest BCUT2D eigenvalue weighted by Gasteiger charge is -1.89. The molecule has 1 fully saturated rings. The summed E-state index contributed by atoms with van der Waals surface area (Å²) in [7, 11) is 0. The molecule has 0 saturated heterocycles. The third-order valence-corrected chi connectivity index (χ3v) is 1.38. The Hall–Kier alpha value is -0.460. The predicted molar refractivity (Wildman–Crippen MR) is 30.7 cm³/mol. The lowest BCUT2D eigenvalue weighted by atomic mass is 10.3. The van der Waals surface area contributed by atoms with Crippen LogP contribution in [0, 0.1) is 5.92 Å². The van der Waals surface area contributed by atoms with Gasteiger partial charge in [-0.3, -0.25) is 0 Å². The highest BCUT2D eigenvalue weighted by Crippen LogP contribution is 2.33. The fourth-order valence-corrected chi connectivity index (χ4v) is 0.652. The normalized spacial score (nSPS) is 22.7. The molecule has 1 rings (SSSR count). The van der Waals surface area contributed by atoms with Gasteiger partial charge in [-0.25, -0.2) is 0 Å². The smallest absolute Gasteiger partial charge is 0.00686 e. The quantitative estimate of drug-likeness (QED) is 0.523. The molecule has 7 heavy (non-hydrogen) atoms. The fraction of sp³-hybridized carbons (Fsp3) is 0.667. The molecular formula is C6H11N. The second kappa shape index (κ2) is 1.57. The van der Waals surface area contributed by atoms with Crippen LogP contribution >= 0.6 is 0 Å². The Morgan fingerprint density at radius 3 is 2.43 bits per heavy atom. The van der Waals surface area contributed by atoms with E-state index >= 15 is 0 Å². The fourth-order valence-electron chi connectivity index (χ4n) is 0.652. The molecule has 0 atom stereocenters. The van der Waals surface area contributed by atoms with Crippen molar-refractivity contribution in [2.45, 2.75) is 19.8 Å². The zero-order chi connectivity index (χ0) is 5.28. The summed E-state index contributed by atoms with van der Waals surface area (Å²) in [5.74, 6) is 0.755. The first kappa shape index (κ1) is 4.69. The van der Waals surface area contributed by atoms with E-state index in [0.29, 0.717) is 0 Å². The van der Waals surface area contributed by atoms with Crippen molar-refractivity contribution in [3.63, 3.8) is 0 Å². The van der Waals surface area contributed by atoms with E-state index in [-0.39, 0.29) is 0 Å². The van der Waals surface area contributed by atoms with E-state index in [1.165, 1.54) is 12.8 Å². The molecule has 0 aromatic heterocycles. The molecule has 1 aliphatic rings. The van der Waals surface area contributed by atoms with Gasteiger partial charge < -0.3 is 5.73 Å². The van der Waals surface area contributed by atoms with Crippen molar-refractivity contribution in [2.75, 3.05) is 0 Å². The average molecular weight is 97.2 g/mol. The van der Waals surface area contributed by atoms with Crippen molar-refractivity contribution in [3.05, 3.63) is 11.8 Å². The molecule has 0 bridgehead atoms. The Balaban J connectivity index is 2.37. The highest BCUT2D eigenvalue weighted by atomic mass is 14.6. The summed E-state index contributed by atoms with van der Waals surface area (Å²) in [4.78, 5) is 0. The van der Waals surface area contributed by atoms with Crippen LogP contribution in [0.3, 0.4) is 0 Å². The van der Waals surface area contributed by atoms with Crippen LogP contribution in [0.1, 0.15) is 19.8 Å². The lowest BCUT2D eigenvalue weighted by molar-refractivity contribution is 0.975. The largest absolute Gasteiger partial charge is 0.402 e.